The average Bonchev–Trinajstić information content (AvgIpc) is 3.32. The van der Waals surface area contributed by atoms with Gasteiger partial charge in [0.05, 0.1) is 17.9 Å². The van der Waals surface area contributed by atoms with Gasteiger partial charge in [-0.3, -0.25) is 0 Å². The number of rotatable bonds is 7. The smallest absolute Gasteiger partial charge is 0.335 e. The number of aliphatic hydroxyl groups is 1. The molecule has 0 amide bonds. The fraction of sp³-hybridized carbons (Fsp3) is 0.231. The van der Waals surface area contributed by atoms with Crippen molar-refractivity contribution in [3.05, 3.63) is 102 Å². The standard InChI is InChI=1S/C26H27N3O3/c1-17(28(2)3)24(29-13-12-27-16-29)22-10-8-21-15-23(11-9-20(21)14-22)25(30)18-4-6-19(7-5-18)26(31)32/h4-17,24-25,30H,1-3H3,(H,31,32). The lowest BCUT2D eigenvalue weighted by Crippen LogP contribution is -2.34. The summed E-state index contributed by atoms with van der Waals surface area (Å²) in [5, 5.41) is 22.0. The first-order chi connectivity index (χ1) is 15.3. The van der Waals surface area contributed by atoms with Crippen LogP contribution in [-0.2, 0) is 0 Å². The minimum absolute atomic E-state index is 0.120. The topological polar surface area (TPSA) is 78.6 Å². The Labute approximate surface area is 187 Å². The van der Waals surface area contributed by atoms with Gasteiger partial charge in [0.15, 0.2) is 0 Å². The van der Waals surface area contributed by atoms with Crippen molar-refractivity contribution in [3.8, 4) is 0 Å². The van der Waals surface area contributed by atoms with Crippen LogP contribution in [0.4, 0.5) is 0 Å². The largest absolute Gasteiger partial charge is 0.478 e. The van der Waals surface area contributed by atoms with Gasteiger partial charge in [-0.25, -0.2) is 9.78 Å². The van der Waals surface area contributed by atoms with Gasteiger partial charge in [-0.1, -0.05) is 36.4 Å². The van der Waals surface area contributed by atoms with Crippen LogP contribution in [0.25, 0.3) is 10.8 Å². The van der Waals surface area contributed by atoms with Gasteiger partial charge in [-0.2, -0.15) is 0 Å². The number of likely N-dealkylation sites (N-methyl/N-ethyl adjacent to an activating group) is 1. The number of fused-ring (bicyclic) bond motifs is 1. The first-order valence-electron chi connectivity index (χ1n) is 10.5. The first kappa shape index (κ1) is 21.7. The average molecular weight is 430 g/mol. The van der Waals surface area contributed by atoms with Crippen LogP contribution in [0, 0.1) is 0 Å². The maximum absolute atomic E-state index is 11.1. The van der Waals surface area contributed by atoms with E-state index < -0.39 is 12.1 Å². The summed E-state index contributed by atoms with van der Waals surface area (Å²) >= 11 is 0. The van der Waals surface area contributed by atoms with E-state index in [1.54, 1.807) is 18.3 Å². The van der Waals surface area contributed by atoms with Crippen molar-refractivity contribution in [3.63, 3.8) is 0 Å². The molecular formula is C26H27N3O3. The Hall–Kier alpha value is -3.48. The molecule has 164 valence electrons. The Kier molecular flexibility index (Phi) is 6.08. The van der Waals surface area contributed by atoms with E-state index in [4.69, 9.17) is 5.11 Å². The van der Waals surface area contributed by atoms with Crippen molar-refractivity contribution in [2.45, 2.75) is 25.1 Å². The van der Waals surface area contributed by atoms with Crippen molar-refractivity contribution in [1.29, 1.82) is 0 Å². The molecule has 0 fully saturated rings. The van der Waals surface area contributed by atoms with E-state index in [0.717, 1.165) is 16.3 Å². The van der Waals surface area contributed by atoms with E-state index in [1.165, 1.54) is 17.7 Å². The zero-order valence-corrected chi connectivity index (χ0v) is 18.4. The molecule has 0 bridgehead atoms. The molecule has 0 saturated carbocycles. The lowest BCUT2D eigenvalue weighted by molar-refractivity contribution is 0.0696. The molecule has 3 atom stereocenters. The zero-order chi connectivity index (χ0) is 22.8. The van der Waals surface area contributed by atoms with E-state index >= 15 is 0 Å². The van der Waals surface area contributed by atoms with E-state index in [2.05, 4.69) is 53.7 Å². The maximum atomic E-state index is 11.1. The van der Waals surface area contributed by atoms with Gasteiger partial charge in [0, 0.05) is 18.4 Å². The molecule has 6 heteroatoms. The number of imidazole rings is 1. The van der Waals surface area contributed by atoms with Crippen LogP contribution in [0.2, 0.25) is 0 Å². The number of carboxylic acid groups (broad SMARTS) is 1. The molecule has 4 rings (SSSR count). The summed E-state index contributed by atoms with van der Waals surface area (Å²) in [4.78, 5) is 17.5. The van der Waals surface area contributed by atoms with Gasteiger partial charge in [-0.05, 0) is 72.7 Å². The molecule has 0 aliphatic carbocycles. The number of carbonyl (C=O) groups is 1. The second-order valence-corrected chi connectivity index (χ2v) is 8.35. The molecule has 0 spiro atoms. The van der Waals surface area contributed by atoms with Gasteiger partial charge < -0.3 is 19.7 Å². The zero-order valence-electron chi connectivity index (χ0n) is 18.4. The third-order valence-corrected chi connectivity index (χ3v) is 6.14. The van der Waals surface area contributed by atoms with Crippen LogP contribution < -0.4 is 0 Å². The predicted molar refractivity (Wildman–Crippen MR) is 125 cm³/mol. The maximum Gasteiger partial charge on any atom is 0.335 e. The summed E-state index contributed by atoms with van der Waals surface area (Å²) in [5.74, 6) is -0.981. The number of nitrogens with zero attached hydrogens (tertiary/aromatic N) is 3. The number of benzene rings is 3. The van der Waals surface area contributed by atoms with Crippen LogP contribution in [0.1, 0.15) is 46.1 Å². The summed E-state index contributed by atoms with van der Waals surface area (Å²) < 4.78 is 2.13. The number of hydrogen-bond donors (Lipinski definition) is 2. The number of hydrogen-bond acceptors (Lipinski definition) is 4. The highest BCUT2D eigenvalue weighted by atomic mass is 16.4. The van der Waals surface area contributed by atoms with Crippen LogP contribution in [-0.4, -0.2) is 50.8 Å². The molecule has 0 aliphatic heterocycles. The minimum atomic E-state index is -0.981. The Balaban J connectivity index is 1.66. The van der Waals surface area contributed by atoms with Gasteiger partial charge in [0.2, 0.25) is 0 Å². The second kappa shape index (κ2) is 8.94. The van der Waals surface area contributed by atoms with Gasteiger partial charge in [-0.15, -0.1) is 0 Å². The van der Waals surface area contributed by atoms with E-state index in [1.807, 2.05) is 30.7 Å². The fourth-order valence-corrected chi connectivity index (χ4v) is 4.05. The minimum Gasteiger partial charge on any atom is -0.478 e. The van der Waals surface area contributed by atoms with Gasteiger partial charge in [0.25, 0.3) is 0 Å². The van der Waals surface area contributed by atoms with E-state index in [9.17, 15) is 9.90 Å². The summed E-state index contributed by atoms with van der Waals surface area (Å²) in [6.45, 7) is 2.20. The fourth-order valence-electron chi connectivity index (χ4n) is 4.05. The van der Waals surface area contributed by atoms with Crippen molar-refractivity contribution in [2.75, 3.05) is 14.1 Å². The summed E-state index contributed by atoms with van der Waals surface area (Å²) in [7, 11) is 4.15. The Morgan fingerprint density at radius 3 is 2.09 bits per heavy atom. The molecule has 1 heterocycles. The highest BCUT2D eigenvalue weighted by Crippen LogP contribution is 2.30. The van der Waals surface area contributed by atoms with Gasteiger partial charge >= 0.3 is 5.97 Å². The second-order valence-electron chi connectivity index (χ2n) is 8.35. The SMILES string of the molecule is CC(C(c1ccc2cc(C(O)c3ccc(C(=O)O)cc3)ccc2c1)n1ccnc1)N(C)C. The molecule has 2 N–H and O–H groups in total. The molecule has 1 aromatic heterocycles. The van der Waals surface area contributed by atoms with Crippen molar-refractivity contribution in [1.82, 2.24) is 14.5 Å². The summed E-state index contributed by atoms with van der Waals surface area (Å²) in [6, 6.07) is 19.0. The van der Waals surface area contributed by atoms with Crippen molar-refractivity contribution >= 4 is 16.7 Å². The van der Waals surface area contributed by atoms with E-state index in [-0.39, 0.29) is 17.6 Å². The third-order valence-electron chi connectivity index (χ3n) is 6.14. The van der Waals surface area contributed by atoms with Gasteiger partial charge in [0.1, 0.15) is 6.10 Å². The van der Waals surface area contributed by atoms with Crippen LogP contribution in [0.15, 0.2) is 79.4 Å². The highest BCUT2D eigenvalue weighted by Gasteiger charge is 2.23. The Bertz CT molecular complexity index is 1220. The summed E-state index contributed by atoms with van der Waals surface area (Å²) in [6.07, 6.45) is 4.82. The van der Waals surface area contributed by atoms with Crippen molar-refractivity contribution < 1.29 is 15.0 Å². The normalized spacial score (nSPS) is 14.4. The Morgan fingerprint density at radius 1 is 0.938 bits per heavy atom. The quantitative estimate of drug-likeness (QED) is 0.457. The van der Waals surface area contributed by atoms with Crippen LogP contribution >= 0.6 is 0 Å². The number of aromatic carboxylic acids is 1. The van der Waals surface area contributed by atoms with Crippen LogP contribution in [0.3, 0.4) is 0 Å². The lowest BCUT2D eigenvalue weighted by atomic mass is 9.94. The summed E-state index contributed by atoms with van der Waals surface area (Å²) in [5.41, 5.74) is 2.81. The first-order valence-corrected chi connectivity index (χ1v) is 10.5. The molecule has 4 aromatic rings. The van der Waals surface area contributed by atoms with Crippen molar-refractivity contribution in [2.24, 2.45) is 0 Å². The monoisotopic (exact) mass is 429 g/mol. The number of aromatic nitrogens is 2. The number of aliphatic hydroxyl groups excluding tert-OH is 1. The molecule has 0 aliphatic rings. The predicted octanol–water partition coefficient (Wildman–Crippen LogP) is 4.36. The highest BCUT2D eigenvalue weighted by molar-refractivity contribution is 5.87. The molecule has 3 unspecified atom stereocenters. The molecular weight excluding hydrogens is 402 g/mol. The third kappa shape index (κ3) is 4.28. The molecule has 32 heavy (non-hydrogen) atoms. The van der Waals surface area contributed by atoms with Crippen LogP contribution in [0.5, 0.6) is 0 Å². The molecule has 6 nitrogen and oxygen atoms in total. The molecule has 3 aromatic carbocycles. The number of carboxylic acids is 1. The van der Waals surface area contributed by atoms with E-state index in [0.29, 0.717) is 5.56 Å². The molecule has 0 saturated heterocycles. The lowest BCUT2D eigenvalue weighted by Gasteiger charge is -2.31. The molecule has 0 radical (unpaired) electrons. The Morgan fingerprint density at radius 2 is 1.53 bits per heavy atom.